The number of ether oxygens (including phenoxy) is 3. The summed E-state index contributed by atoms with van der Waals surface area (Å²) in [6.07, 6.45) is 0. The summed E-state index contributed by atoms with van der Waals surface area (Å²) >= 11 is 0. The number of methoxy groups -OCH3 is 1. The number of rotatable bonds is 8. The monoisotopic (exact) mass is 496 g/mol. The quantitative estimate of drug-likeness (QED) is 0.315. The standard InChI is InChI=1S/C25H26F2N6O3/c1-34-21-13-17(19(28)14-22(21)36-11-8-33-6-9-35-10-7-33)24-16-3-5-23(30-25(16)32-31-24)29-20-4-2-15(26)12-18(20)27/h2-5,12-14H,6-11,28H2,1H3,(H2,29,30,31,32). The zero-order valence-electron chi connectivity index (χ0n) is 19.7. The van der Waals surface area contributed by atoms with Crippen molar-refractivity contribution in [1.29, 1.82) is 0 Å². The van der Waals surface area contributed by atoms with Crippen molar-refractivity contribution in [3.05, 3.63) is 54.1 Å². The maximum atomic E-state index is 14.0. The van der Waals surface area contributed by atoms with Crippen LogP contribution >= 0.6 is 0 Å². The predicted octanol–water partition coefficient (Wildman–Crippen LogP) is 3.95. The Morgan fingerprint density at radius 2 is 1.94 bits per heavy atom. The smallest absolute Gasteiger partial charge is 0.163 e. The highest BCUT2D eigenvalue weighted by Crippen LogP contribution is 2.39. The number of hydrogen-bond donors (Lipinski definition) is 3. The van der Waals surface area contributed by atoms with Gasteiger partial charge in [0.05, 0.1) is 26.0 Å². The minimum Gasteiger partial charge on any atom is -0.493 e. The zero-order valence-corrected chi connectivity index (χ0v) is 19.7. The Bertz CT molecular complexity index is 1370. The molecule has 1 saturated heterocycles. The molecular formula is C25H26F2N6O3. The SMILES string of the molecule is COc1cc(-c2n[nH]c3nc(Nc4ccc(F)cc4F)ccc23)c(N)cc1OCCN1CCOCC1. The van der Waals surface area contributed by atoms with Crippen molar-refractivity contribution in [2.24, 2.45) is 0 Å². The average Bonchev–Trinajstić information content (AvgIpc) is 3.29. The highest BCUT2D eigenvalue weighted by molar-refractivity contribution is 5.95. The molecule has 0 saturated carbocycles. The number of nitrogens with zero attached hydrogens (tertiary/aromatic N) is 3. The van der Waals surface area contributed by atoms with Crippen LogP contribution in [-0.2, 0) is 4.74 Å². The molecule has 4 aromatic rings. The Labute approximate surface area is 206 Å². The summed E-state index contributed by atoms with van der Waals surface area (Å²) in [6.45, 7) is 4.52. The van der Waals surface area contributed by atoms with Crippen molar-refractivity contribution in [3.63, 3.8) is 0 Å². The van der Waals surface area contributed by atoms with E-state index in [9.17, 15) is 8.78 Å². The molecule has 0 radical (unpaired) electrons. The molecule has 9 nitrogen and oxygen atoms in total. The van der Waals surface area contributed by atoms with Gasteiger partial charge in [-0.25, -0.2) is 13.8 Å². The van der Waals surface area contributed by atoms with Crippen LogP contribution in [-0.4, -0.2) is 66.6 Å². The van der Waals surface area contributed by atoms with E-state index >= 15 is 0 Å². The molecule has 0 amide bonds. The number of pyridine rings is 1. The summed E-state index contributed by atoms with van der Waals surface area (Å²) in [5, 5.41) is 10.9. The molecule has 0 atom stereocenters. The van der Waals surface area contributed by atoms with Crippen molar-refractivity contribution in [2.45, 2.75) is 0 Å². The minimum atomic E-state index is -0.714. The highest BCUT2D eigenvalue weighted by Gasteiger charge is 2.18. The van der Waals surface area contributed by atoms with Gasteiger partial charge in [0.1, 0.15) is 29.8 Å². The zero-order chi connectivity index (χ0) is 25.1. The van der Waals surface area contributed by atoms with Gasteiger partial charge in [0.25, 0.3) is 0 Å². The molecule has 2 aromatic carbocycles. The van der Waals surface area contributed by atoms with Crippen LogP contribution < -0.4 is 20.5 Å². The number of morpholine rings is 1. The fraction of sp³-hybridized carbons (Fsp3) is 0.280. The first kappa shape index (κ1) is 23.8. The van der Waals surface area contributed by atoms with E-state index < -0.39 is 11.6 Å². The third-order valence-electron chi connectivity index (χ3n) is 5.98. The number of benzene rings is 2. The second-order valence-corrected chi connectivity index (χ2v) is 8.31. The molecule has 36 heavy (non-hydrogen) atoms. The van der Waals surface area contributed by atoms with Crippen LogP contribution in [0.3, 0.4) is 0 Å². The first-order valence-electron chi connectivity index (χ1n) is 11.5. The fourth-order valence-corrected chi connectivity index (χ4v) is 4.07. The number of anilines is 3. The molecular weight excluding hydrogens is 470 g/mol. The van der Waals surface area contributed by atoms with Crippen LogP contribution in [0, 0.1) is 11.6 Å². The van der Waals surface area contributed by atoms with Gasteiger partial charge in [-0.15, -0.1) is 0 Å². The largest absolute Gasteiger partial charge is 0.493 e. The number of aromatic amines is 1. The van der Waals surface area contributed by atoms with E-state index in [0.29, 0.717) is 46.5 Å². The molecule has 1 aliphatic heterocycles. The topological polar surface area (TPSA) is 111 Å². The van der Waals surface area contributed by atoms with Crippen molar-refractivity contribution in [1.82, 2.24) is 20.1 Å². The third-order valence-corrected chi connectivity index (χ3v) is 5.98. The van der Waals surface area contributed by atoms with Crippen LogP contribution in [0.1, 0.15) is 0 Å². The Morgan fingerprint density at radius 1 is 1.11 bits per heavy atom. The van der Waals surface area contributed by atoms with Gasteiger partial charge in [-0.2, -0.15) is 5.10 Å². The van der Waals surface area contributed by atoms with E-state index in [-0.39, 0.29) is 5.69 Å². The lowest BCUT2D eigenvalue weighted by molar-refractivity contribution is 0.0321. The molecule has 4 N–H and O–H groups in total. The Morgan fingerprint density at radius 3 is 2.72 bits per heavy atom. The first-order chi connectivity index (χ1) is 17.5. The van der Waals surface area contributed by atoms with Gasteiger partial charge in [-0.1, -0.05) is 0 Å². The normalized spacial score (nSPS) is 14.2. The molecule has 0 aliphatic carbocycles. The molecule has 5 rings (SSSR count). The second kappa shape index (κ2) is 10.3. The van der Waals surface area contributed by atoms with E-state index in [0.717, 1.165) is 44.3 Å². The molecule has 0 spiro atoms. The minimum absolute atomic E-state index is 0.112. The van der Waals surface area contributed by atoms with Crippen LogP contribution in [0.4, 0.5) is 26.0 Å². The van der Waals surface area contributed by atoms with Crippen molar-refractivity contribution >= 4 is 28.2 Å². The Hall–Kier alpha value is -3.96. The molecule has 1 fully saturated rings. The number of hydrogen-bond acceptors (Lipinski definition) is 8. The van der Waals surface area contributed by atoms with Crippen LogP contribution in [0.5, 0.6) is 11.5 Å². The number of aromatic nitrogens is 3. The number of nitrogens with one attached hydrogen (secondary N) is 2. The van der Waals surface area contributed by atoms with E-state index in [1.807, 2.05) is 0 Å². The molecule has 188 valence electrons. The van der Waals surface area contributed by atoms with Crippen LogP contribution in [0.25, 0.3) is 22.3 Å². The Balaban J connectivity index is 1.36. The molecule has 3 heterocycles. The van der Waals surface area contributed by atoms with E-state index in [1.54, 1.807) is 31.4 Å². The summed E-state index contributed by atoms with van der Waals surface area (Å²) < 4.78 is 44.1. The van der Waals surface area contributed by atoms with Crippen molar-refractivity contribution in [2.75, 3.05) is 57.6 Å². The number of nitrogens with two attached hydrogens (primary N) is 1. The lowest BCUT2D eigenvalue weighted by atomic mass is 10.1. The maximum absolute atomic E-state index is 14.0. The average molecular weight is 497 g/mol. The molecule has 0 bridgehead atoms. The second-order valence-electron chi connectivity index (χ2n) is 8.31. The maximum Gasteiger partial charge on any atom is 0.163 e. The summed E-state index contributed by atoms with van der Waals surface area (Å²) in [6, 6.07) is 10.3. The van der Waals surface area contributed by atoms with Crippen LogP contribution in [0.15, 0.2) is 42.5 Å². The van der Waals surface area contributed by atoms with Gasteiger partial charge >= 0.3 is 0 Å². The van der Waals surface area contributed by atoms with Gasteiger partial charge in [0.2, 0.25) is 0 Å². The molecule has 1 aliphatic rings. The van der Waals surface area contributed by atoms with Gasteiger partial charge in [0, 0.05) is 48.4 Å². The van der Waals surface area contributed by atoms with Gasteiger partial charge in [-0.3, -0.25) is 10.00 Å². The van der Waals surface area contributed by atoms with Crippen molar-refractivity contribution < 1.29 is 23.0 Å². The van der Waals surface area contributed by atoms with Crippen molar-refractivity contribution in [3.8, 4) is 22.8 Å². The van der Waals surface area contributed by atoms with Gasteiger partial charge < -0.3 is 25.3 Å². The lowest BCUT2D eigenvalue weighted by Crippen LogP contribution is -2.38. The number of halogens is 2. The summed E-state index contributed by atoms with van der Waals surface area (Å²) in [4.78, 5) is 6.74. The van der Waals surface area contributed by atoms with Gasteiger partial charge in [0.15, 0.2) is 17.1 Å². The van der Waals surface area contributed by atoms with E-state index in [1.165, 1.54) is 12.1 Å². The van der Waals surface area contributed by atoms with E-state index in [2.05, 4.69) is 25.4 Å². The van der Waals surface area contributed by atoms with E-state index in [4.69, 9.17) is 19.9 Å². The number of H-pyrrole nitrogens is 1. The molecule has 11 heteroatoms. The summed E-state index contributed by atoms with van der Waals surface area (Å²) in [5.41, 5.74) is 8.69. The Kier molecular flexibility index (Phi) is 6.83. The molecule has 2 aromatic heterocycles. The number of nitrogen functional groups attached to an aromatic ring is 1. The summed E-state index contributed by atoms with van der Waals surface area (Å²) in [7, 11) is 1.57. The lowest BCUT2D eigenvalue weighted by Gasteiger charge is -2.26. The first-order valence-corrected chi connectivity index (χ1v) is 11.5. The number of fused-ring (bicyclic) bond motifs is 1. The highest BCUT2D eigenvalue weighted by atomic mass is 19.1. The fourth-order valence-electron chi connectivity index (χ4n) is 4.07. The van der Waals surface area contributed by atoms with Gasteiger partial charge in [-0.05, 0) is 30.3 Å². The summed E-state index contributed by atoms with van der Waals surface area (Å²) in [5.74, 6) is 0.0986. The van der Waals surface area contributed by atoms with Crippen LogP contribution in [0.2, 0.25) is 0 Å². The molecule has 0 unspecified atom stereocenters. The predicted molar refractivity (Wildman–Crippen MR) is 133 cm³/mol. The third kappa shape index (κ3) is 5.02.